The smallest absolute Gasteiger partial charge is 0.337 e. The van der Waals surface area contributed by atoms with Crippen LogP contribution in [-0.4, -0.2) is 25.7 Å². The number of nitrogens with one attached hydrogen (secondary N) is 1. The summed E-state index contributed by atoms with van der Waals surface area (Å²) in [4.78, 5) is 25.3. The lowest BCUT2D eigenvalue weighted by atomic mass is 9.83. The molecule has 1 aromatic heterocycles. The fourth-order valence-electron chi connectivity index (χ4n) is 3.34. The number of esters is 2. The number of rotatable bonds is 6. The molecule has 29 heavy (non-hydrogen) atoms. The first-order chi connectivity index (χ1) is 14.0. The number of allylic oxidation sites excluding steroid dienone is 2. The number of hydrogen-bond donors (Lipinski definition) is 1. The van der Waals surface area contributed by atoms with Gasteiger partial charge in [0.15, 0.2) is 0 Å². The Hall–Kier alpha value is -3.54. The van der Waals surface area contributed by atoms with Crippen LogP contribution in [0.5, 0.6) is 0 Å². The summed E-state index contributed by atoms with van der Waals surface area (Å²) in [6, 6.07) is 13.2. The van der Waals surface area contributed by atoms with Crippen molar-refractivity contribution in [2.75, 3.05) is 13.7 Å². The van der Waals surface area contributed by atoms with Crippen LogP contribution >= 0.6 is 0 Å². The minimum absolute atomic E-state index is 0.103. The summed E-state index contributed by atoms with van der Waals surface area (Å²) >= 11 is 0. The van der Waals surface area contributed by atoms with Crippen molar-refractivity contribution in [3.05, 3.63) is 88.7 Å². The summed E-state index contributed by atoms with van der Waals surface area (Å²) in [5.41, 5.74) is 2.86. The summed E-state index contributed by atoms with van der Waals surface area (Å²) in [5.74, 6) is -1.29. The third kappa shape index (κ3) is 4.48. The molecule has 6 nitrogen and oxygen atoms in total. The Morgan fingerprint density at radius 1 is 1.03 bits per heavy atom. The van der Waals surface area contributed by atoms with Gasteiger partial charge in [-0.15, -0.1) is 0 Å². The van der Waals surface area contributed by atoms with Crippen LogP contribution in [0.25, 0.3) is 6.08 Å². The number of hydrogen-bond acceptors (Lipinski definition) is 6. The van der Waals surface area contributed by atoms with Gasteiger partial charge in [-0.2, -0.15) is 0 Å². The normalized spacial score (nSPS) is 16.7. The molecule has 0 saturated heterocycles. The van der Waals surface area contributed by atoms with Gasteiger partial charge in [-0.3, -0.25) is 0 Å². The fourth-order valence-corrected chi connectivity index (χ4v) is 3.34. The van der Waals surface area contributed by atoms with Crippen LogP contribution in [0.1, 0.15) is 31.1 Å². The Morgan fingerprint density at radius 2 is 1.72 bits per heavy atom. The summed E-state index contributed by atoms with van der Waals surface area (Å²) in [7, 11) is 1.30. The van der Waals surface area contributed by atoms with E-state index in [1.165, 1.54) is 13.4 Å². The van der Waals surface area contributed by atoms with Gasteiger partial charge in [0, 0.05) is 11.4 Å². The molecule has 0 aliphatic carbocycles. The molecule has 150 valence electrons. The number of benzene rings is 1. The lowest BCUT2D eigenvalue weighted by Gasteiger charge is -2.28. The van der Waals surface area contributed by atoms with E-state index in [2.05, 4.69) is 5.32 Å². The number of dihydropyridines is 1. The number of furan rings is 1. The molecule has 0 saturated carbocycles. The van der Waals surface area contributed by atoms with Crippen molar-refractivity contribution in [1.29, 1.82) is 0 Å². The largest absolute Gasteiger partial charge is 0.468 e. The Kier molecular flexibility index (Phi) is 6.34. The molecular formula is C23H23NO5. The highest BCUT2D eigenvalue weighted by Gasteiger charge is 2.39. The Balaban J connectivity index is 1.83. The zero-order chi connectivity index (χ0) is 20.8. The topological polar surface area (TPSA) is 77.8 Å². The SMILES string of the molecule is COC(=O)C1=C(C)NC(C)=C(C(=O)OCC=Cc2ccccc2)C1c1ccco1. The quantitative estimate of drug-likeness (QED) is 0.749. The Morgan fingerprint density at radius 3 is 2.34 bits per heavy atom. The maximum atomic E-state index is 12.9. The van der Waals surface area contributed by atoms with E-state index in [0.717, 1.165) is 5.56 Å². The first-order valence-corrected chi connectivity index (χ1v) is 9.22. The van der Waals surface area contributed by atoms with Crippen molar-refractivity contribution in [3.8, 4) is 0 Å². The summed E-state index contributed by atoms with van der Waals surface area (Å²) in [6.45, 7) is 3.63. The van der Waals surface area contributed by atoms with E-state index in [0.29, 0.717) is 28.3 Å². The predicted octanol–water partition coefficient (Wildman–Crippen LogP) is 3.94. The third-order valence-corrected chi connectivity index (χ3v) is 4.63. The van der Waals surface area contributed by atoms with E-state index in [1.807, 2.05) is 36.4 Å². The van der Waals surface area contributed by atoms with Crippen LogP contribution < -0.4 is 5.32 Å². The van der Waals surface area contributed by atoms with Gasteiger partial charge >= 0.3 is 11.9 Å². The zero-order valence-electron chi connectivity index (χ0n) is 16.6. The van der Waals surface area contributed by atoms with Crippen LogP contribution in [-0.2, 0) is 19.1 Å². The molecule has 1 N–H and O–H groups in total. The number of ether oxygens (including phenoxy) is 2. The van der Waals surface area contributed by atoms with Crippen molar-refractivity contribution < 1.29 is 23.5 Å². The van der Waals surface area contributed by atoms with E-state index >= 15 is 0 Å². The molecule has 0 spiro atoms. The molecule has 1 atom stereocenters. The molecule has 0 amide bonds. The van der Waals surface area contributed by atoms with Gasteiger partial charge in [-0.25, -0.2) is 9.59 Å². The highest BCUT2D eigenvalue weighted by molar-refractivity contribution is 5.99. The van der Waals surface area contributed by atoms with Crippen molar-refractivity contribution in [3.63, 3.8) is 0 Å². The zero-order valence-corrected chi connectivity index (χ0v) is 16.6. The molecular weight excluding hydrogens is 370 g/mol. The molecule has 1 aliphatic rings. The van der Waals surface area contributed by atoms with Crippen LogP contribution in [0, 0.1) is 0 Å². The summed E-state index contributed by atoms with van der Waals surface area (Å²) in [5, 5.41) is 3.08. The molecule has 2 heterocycles. The highest BCUT2D eigenvalue weighted by Crippen LogP contribution is 2.39. The number of carbonyl (C=O) groups excluding carboxylic acids is 2. The van der Waals surface area contributed by atoms with Gasteiger partial charge < -0.3 is 19.2 Å². The van der Waals surface area contributed by atoms with Crippen LogP contribution in [0.2, 0.25) is 0 Å². The second kappa shape index (κ2) is 9.10. The van der Waals surface area contributed by atoms with Crippen molar-refractivity contribution in [2.45, 2.75) is 19.8 Å². The average Bonchev–Trinajstić information content (AvgIpc) is 3.25. The molecule has 1 aromatic carbocycles. The van der Waals surface area contributed by atoms with Crippen LogP contribution in [0.3, 0.4) is 0 Å². The van der Waals surface area contributed by atoms with E-state index in [4.69, 9.17) is 13.9 Å². The molecule has 0 fully saturated rings. The lowest BCUT2D eigenvalue weighted by Crippen LogP contribution is -2.32. The minimum Gasteiger partial charge on any atom is -0.468 e. The van der Waals surface area contributed by atoms with E-state index < -0.39 is 17.9 Å². The van der Waals surface area contributed by atoms with Crippen LogP contribution in [0.15, 0.2) is 81.8 Å². The van der Waals surface area contributed by atoms with Gasteiger partial charge in [0.25, 0.3) is 0 Å². The van der Waals surface area contributed by atoms with Gasteiger partial charge in [-0.1, -0.05) is 36.4 Å². The molecule has 1 unspecified atom stereocenters. The maximum absolute atomic E-state index is 12.9. The maximum Gasteiger partial charge on any atom is 0.337 e. The number of carbonyl (C=O) groups is 2. The second-order valence-electron chi connectivity index (χ2n) is 6.55. The summed E-state index contributed by atoms with van der Waals surface area (Å²) < 4.78 is 15.9. The third-order valence-electron chi connectivity index (χ3n) is 4.63. The predicted molar refractivity (Wildman–Crippen MR) is 108 cm³/mol. The molecule has 0 bridgehead atoms. The fraction of sp³-hybridized carbons (Fsp3) is 0.217. The van der Waals surface area contributed by atoms with E-state index in [-0.39, 0.29) is 6.61 Å². The molecule has 2 aromatic rings. The van der Waals surface area contributed by atoms with Crippen molar-refractivity contribution in [1.82, 2.24) is 5.32 Å². The Labute approximate surface area is 169 Å². The minimum atomic E-state index is -0.704. The summed E-state index contributed by atoms with van der Waals surface area (Å²) in [6.07, 6.45) is 5.15. The van der Waals surface area contributed by atoms with E-state index in [1.54, 1.807) is 32.1 Å². The van der Waals surface area contributed by atoms with Crippen molar-refractivity contribution in [2.24, 2.45) is 0 Å². The monoisotopic (exact) mass is 393 g/mol. The highest BCUT2D eigenvalue weighted by atomic mass is 16.5. The van der Waals surface area contributed by atoms with Gasteiger partial charge in [0.2, 0.25) is 0 Å². The van der Waals surface area contributed by atoms with Gasteiger partial charge in [-0.05, 0) is 37.6 Å². The lowest BCUT2D eigenvalue weighted by molar-refractivity contribution is -0.138. The molecule has 6 heteroatoms. The number of methoxy groups -OCH3 is 1. The Bertz CT molecular complexity index is 968. The first-order valence-electron chi connectivity index (χ1n) is 9.22. The molecule has 3 rings (SSSR count). The van der Waals surface area contributed by atoms with Crippen molar-refractivity contribution >= 4 is 18.0 Å². The van der Waals surface area contributed by atoms with E-state index in [9.17, 15) is 9.59 Å². The van der Waals surface area contributed by atoms with Crippen LogP contribution in [0.4, 0.5) is 0 Å². The van der Waals surface area contributed by atoms with Gasteiger partial charge in [0.1, 0.15) is 12.4 Å². The molecule has 1 aliphatic heterocycles. The second-order valence-corrected chi connectivity index (χ2v) is 6.55. The van der Waals surface area contributed by atoms with Gasteiger partial charge in [0.05, 0.1) is 30.4 Å². The first kappa shape index (κ1) is 20.2. The average molecular weight is 393 g/mol. The standard InChI is InChI=1S/C23H23NO5/c1-15-19(22(25)27-3)21(18-12-8-13-28-18)20(16(2)24-15)23(26)29-14-7-11-17-9-5-4-6-10-17/h4-13,21,24H,14H2,1-3H3. The molecule has 0 radical (unpaired) electrons.